The zero-order valence-corrected chi connectivity index (χ0v) is 12.2. The minimum absolute atomic E-state index is 0.115. The maximum absolute atomic E-state index is 12.2. The third-order valence-corrected chi connectivity index (χ3v) is 4.20. The van der Waals surface area contributed by atoms with Crippen molar-refractivity contribution in [1.29, 1.82) is 0 Å². The van der Waals surface area contributed by atoms with E-state index < -0.39 is 0 Å². The van der Waals surface area contributed by atoms with Crippen molar-refractivity contribution in [1.82, 2.24) is 15.2 Å². The van der Waals surface area contributed by atoms with Crippen molar-refractivity contribution in [2.24, 2.45) is 0 Å². The number of hydrogen-bond donors (Lipinski definition) is 1. The van der Waals surface area contributed by atoms with Gasteiger partial charge in [-0.15, -0.1) is 11.3 Å². The summed E-state index contributed by atoms with van der Waals surface area (Å²) in [7, 11) is 0. The Morgan fingerprint density at radius 3 is 3.30 bits per heavy atom. The molecular weight excluding hydrogens is 274 g/mol. The number of nitrogens with zero attached hydrogens (tertiary/aromatic N) is 2. The van der Waals surface area contributed by atoms with Crippen LogP contribution in [0.15, 0.2) is 28.2 Å². The molecule has 5 nitrogen and oxygen atoms in total. The first kappa shape index (κ1) is 13.3. The van der Waals surface area contributed by atoms with Gasteiger partial charge in [0.1, 0.15) is 6.26 Å². The number of piperazine rings is 1. The number of carbonyl (C=O) groups excluding carboxylic acids is 1. The highest BCUT2D eigenvalue weighted by atomic mass is 32.1. The molecule has 1 fully saturated rings. The summed E-state index contributed by atoms with van der Waals surface area (Å²) in [6, 6.07) is 4.27. The summed E-state index contributed by atoms with van der Waals surface area (Å²) in [5.41, 5.74) is 0.699. The minimum Gasteiger partial charge on any atom is -0.444 e. The van der Waals surface area contributed by atoms with E-state index in [1.54, 1.807) is 17.6 Å². The lowest BCUT2D eigenvalue weighted by molar-refractivity contribution is -0.131. The maximum atomic E-state index is 12.2. The van der Waals surface area contributed by atoms with Crippen LogP contribution in [0.3, 0.4) is 0 Å². The second-order valence-electron chi connectivity index (χ2n) is 4.99. The van der Waals surface area contributed by atoms with E-state index in [2.05, 4.69) is 17.2 Å². The standard InChI is InChI=1S/C14H17N3O2S/c1-10-8-17(5-4-15-10)13(18)7-11-9-19-14(16-11)12-3-2-6-20-12/h2-3,6,9-10,15H,4-5,7-8H2,1H3. The summed E-state index contributed by atoms with van der Waals surface area (Å²) in [4.78, 5) is 19.5. The van der Waals surface area contributed by atoms with Gasteiger partial charge in [-0.1, -0.05) is 6.07 Å². The molecule has 2 aromatic rings. The number of rotatable bonds is 3. The van der Waals surface area contributed by atoms with Crippen LogP contribution in [0, 0.1) is 0 Å². The first-order valence-electron chi connectivity index (χ1n) is 6.72. The zero-order chi connectivity index (χ0) is 13.9. The normalized spacial score (nSPS) is 19.2. The van der Waals surface area contributed by atoms with Crippen LogP contribution in [0.5, 0.6) is 0 Å². The molecule has 6 heteroatoms. The van der Waals surface area contributed by atoms with Crippen LogP contribution < -0.4 is 5.32 Å². The van der Waals surface area contributed by atoms with E-state index in [1.165, 1.54) is 0 Å². The third-order valence-electron chi connectivity index (χ3n) is 3.34. The van der Waals surface area contributed by atoms with Crippen LogP contribution in [0.1, 0.15) is 12.6 Å². The molecule has 0 saturated carbocycles. The van der Waals surface area contributed by atoms with E-state index in [4.69, 9.17) is 4.42 Å². The highest BCUT2D eigenvalue weighted by Crippen LogP contribution is 2.23. The Hall–Kier alpha value is -1.66. The summed E-state index contributed by atoms with van der Waals surface area (Å²) in [5.74, 6) is 0.709. The van der Waals surface area contributed by atoms with Gasteiger partial charge >= 0.3 is 0 Å². The number of carbonyl (C=O) groups is 1. The van der Waals surface area contributed by atoms with Gasteiger partial charge in [0.15, 0.2) is 0 Å². The van der Waals surface area contributed by atoms with Crippen LogP contribution in [-0.2, 0) is 11.2 Å². The second-order valence-corrected chi connectivity index (χ2v) is 5.94. The van der Waals surface area contributed by atoms with Gasteiger partial charge < -0.3 is 14.6 Å². The van der Waals surface area contributed by atoms with E-state index in [9.17, 15) is 4.79 Å². The molecule has 2 aromatic heterocycles. The van der Waals surface area contributed by atoms with Gasteiger partial charge in [0.25, 0.3) is 0 Å². The van der Waals surface area contributed by atoms with E-state index in [0.717, 1.165) is 24.5 Å². The summed E-state index contributed by atoms with van der Waals surface area (Å²) < 4.78 is 5.43. The maximum Gasteiger partial charge on any atom is 0.236 e. The summed E-state index contributed by atoms with van der Waals surface area (Å²) in [6.07, 6.45) is 1.89. The molecule has 20 heavy (non-hydrogen) atoms. The average Bonchev–Trinajstić information content (AvgIpc) is 3.08. The Balaban J connectivity index is 1.64. The molecule has 3 rings (SSSR count). The summed E-state index contributed by atoms with van der Waals surface area (Å²) >= 11 is 1.58. The number of thiophene rings is 1. The van der Waals surface area contributed by atoms with Crippen LogP contribution >= 0.6 is 11.3 Å². The van der Waals surface area contributed by atoms with Gasteiger partial charge in [0.05, 0.1) is 17.0 Å². The predicted octanol–water partition coefficient (Wildman–Crippen LogP) is 1.77. The Morgan fingerprint density at radius 1 is 1.65 bits per heavy atom. The SMILES string of the molecule is CC1CN(C(=O)Cc2coc(-c3cccs3)n2)CCN1. The van der Waals surface area contributed by atoms with Crippen molar-refractivity contribution in [3.63, 3.8) is 0 Å². The Kier molecular flexibility index (Phi) is 3.84. The highest BCUT2D eigenvalue weighted by Gasteiger charge is 2.21. The molecular formula is C14H17N3O2S. The Bertz CT molecular complexity index is 579. The fourth-order valence-electron chi connectivity index (χ4n) is 2.33. The molecule has 1 saturated heterocycles. The molecule has 3 heterocycles. The molecule has 106 valence electrons. The lowest BCUT2D eigenvalue weighted by atomic mass is 10.2. The van der Waals surface area contributed by atoms with E-state index >= 15 is 0 Å². The molecule has 1 aliphatic heterocycles. The summed E-state index contributed by atoms with van der Waals surface area (Å²) in [6.45, 7) is 4.46. The van der Waals surface area contributed by atoms with Crippen LogP contribution in [-0.4, -0.2) is 41.5 Å². The lowest BCUT2D eigenvalue weighted by Gasteiger charge is -2.31. The topological polar surface area (TPSA) is 58.4 Å². The molecule has 1 unspecified atom stereocenters. The first-order chi connectivity index (χ1) is 9.72. The Labute approximate surface area is 121 Å². The Morgan fingerprint density at radius 2 is 2.55 bits per heavy atom. The van der Waals surface area contributed by atoms with E-state index in [1.807, 2.05) is 22.4 Å². The number of amides is 1. The number of hydrogen-bond acceptors (Lipinski definition) is 5. The van der Waals surface area contributed by atoms with E-state index in [-0.39, 0.29) is 5.91 Å². The third kappa shape index (κ3) is 2.91. The van der Waals surface area contributed by atoms with Crippen molar-refractivity contribution >= 4 is 17.2 Å². The average molecular weight is 291 g/mol. The van der Waals surface area contributed by atoms with Crippen molar-refractivity contribution in [3.05, 3.63) is 29.5 Å². The molecule has 1 atom stereocenters. The van der Waals surface area contributed by atoms with Gasteiger partial charge in [0.2, 0.25) is 11.8 Å². The summed E-state index contributed by atoms with van der Waals surface area (Å²) in [5, 5.41) is 5.31. The molecule has 0 aliphatic carbocycles. The lowest BCUT2D eigenvalue weighted by Crippen LogP contribution is -2.51. The fourth-order valence-corrected chi connectivity index (χ4v) is 2.98. The van der Waals surface area contributed by atoms with Crippen LogP contribution in [0.25, 0.3) is 10.8 Å². The largest absolute Gasteiger partial charge is 0.444 e. The molecule has 1 aliphatic rings. The highest BCUT2D eigenvalue weighted by molar-refractivity contribution is 7.13. The van der Waals surface area contributed by atoms with Crippen molar-refractivity contribution in [2.75, 3.05) is 19.6 Å². The minimum atomic E-state index is 0.115. The van der Waals surface area contributed by atoms with Crippen molar-refractivity contribution in [2.45, 2.75) is 19.4 Å². The van der Waals surface area contributed by atoms with Gasteiger partial charge in [-0.2, -0.15) is 0 Å². The van der Waals surface area contributed by atoms with Crippen LogP contribution in [0.4, 0.5) is 0 Å². The monoisotopic (exact) mass is 291 g/mol. The predicted molar refractivity (Wildman–Crippen MR) is 77.6 cm³/mol. The fraction of sp³-hybridized carbons (Fsp3) is 0.429. The van der Waals surface area contributed by atoms with Crippen LogP contribution in [0.2, 0.25) is 0 Å². The zero-order valence-electron chi connectivity index (χ0n) is 11.3. The number of nitrogens with one attached hydrogen (secondary N) is 1. The molecule has 1 amide bonds. The molecule has 0 spiro atoms. The molecule has 0 aromatic carbocycles. The smallest absolute Gasteiger partial charge is 0.236 e. The van der Waals surface area contributed by atoms with Crippen molar-refractivity contribution < 1.29 is 9.21 Å². The molecule has 1 N–H and O–H groups in total. The van der Waals surface area contributed by atoms with Crippen molar-refractivity contribution in [3.8, 4) is 10.8 Å². The van der Waals surface area contributed by atoms with Gasteiger partial charge in [-0.25, -0.2) is 4.98 Å². The molecule has 0 bridgehead atoms. The van der Waals surface area contributed by atoms with Gasteiger partial charge in [-0.3, -0.25) is 4.79 Å². The van der Waals surface area contributed by atoms with E-state index in [0.29, 0.717) is 24.0 Å². The van der Waals surface area contributed by atoms with Gasteiger partial charge in [0, 0.05) is 25.7 Å². The quantitative estimate of drug-likeness (QED) is 0.936. The number of aromatic nitrogens is 1. The molecule has 0 radical (unpaired) electrons. The number of oxazole rings is 1. The first-order valence-corrected chi connectivity index (χ1v) is 7.60. The second kappa shape index (κ2) is 5.76. The van der Waals surface area contributed by atoms with Gasteiger partial charge in [-0.05, 0) is 18.4 Å².